The van der Waals surface area contributed by atoms with Gasteiger partial charge in [0.1, 0.15) is 0 Å². The van der Waals surface area contributed by atoms with E-state index in [4.69, 9.17) is 4.74 Å². The zero-order valence-electron chi connectivity index (χ0n) is 17.6. The fourth-order valence-electron chi connectivity index (χ4n) is 3.21. The molecule has 1 saturated heterocycles. The lowest BCUT2D eigenvalue weighted by molar-refractivity contribution is -0.00834. The maximum absolute atomic E-state index is 5.47. The first-order valence-electron chi connectivity index (χ1n) is 10.0. The van der Waals surface area contributed by atoms with Crippen LogP contribution in [-0.2, 0) is 4.74 Å². The molecule has 1 unspecified atom stereocenters. The number of aliphatic imine (C=N–C) groups is 1. The Labute approximate surface area is 164 Å². The third-order valence-corrected chi connectivity index (χ3v) is 5.20. The van der Waals surface area contributed by atoms with E-state index in [0.717, 1.165) is 51.0 Å². The van der Waals surface area contributed by atoms with Gasteiger partial charge < -0.3 is 20.7 Å². The van der Waals surface area contributed by atoms with Crippen molar-refractivity contribution in [2.45, 2.75) is 39.3 Å². The van der Waals surface area contributed by atoms with E-state index >= 15 is 0 Å². The van der Waals surface area contributed by atoms with Gasteiger partial charge in [0, 0.05) is 50.5 Å². The summed E-state index contributed by atoms with van der Waals surface area (Å²) >= 11 is 0. The molecule has 1 atom stereocenters. The third kappa shape index (κ3) is 7.03. The second-order valence-electron chi connectivity index (χ2n) is 8.08. The van der Waals surface area contributed by atoms with E-state index in [2.05, 4.69) is 77.8 Å². The van der Waals surface area contributed by atoms with E-state index in [0.29, 0.717) is 12.0 Å². The van der Waals surface area contributed by atoms with E-state index in [1.54, 1.807) is 0 Å². The van der Waals surface area contributed by atoms with E-state index in [1.807, 2.05) is 13.1 Å². The Kier molecular flexibility index (Phi) is 8.38. The van der Waals surface area contributed by atoms with Crippen LogP contribution in [0.4, 0.5) is 5.69 Å². The van der Waals surface area contributed by atoms with Gasteiger partial charge in [-0.25, -0.2) is 0 Å². The first-order valence-corrected chi connectivity index (χ1v) is 10.0. The van der Waals surface area contributed by atoms with Crippen molar-refractivity contribution in [3.8, 4) is 0 Å². The molecule has 0 bridgehead atoms. The molecule has 27 heavy (non-hydrogen) atoms. The maximum Gasteiger partial charge on any atom is 0.191 e. The molecule has 1 aromatic rings. The van der Waals surface area contributed by atoms with Crippen LogP contribution in [0.5, 0.6) is 0 Å². The lowest BCUT2D eigenvalue weighted by Crippen LogP contribution is -2.57. The average molecular weight is 376 g/mol. The monoisotopic (exact) mass is 375 g/mol. The van der Waals surface area contributed by atoms with Gasteiger partial charge in [-0.1, -0.05) is 32.0 Å². The Morgan fingerprint density at radius 1 is 1.15 bits per heavy atom. The molecule has 1 heterocycles. The van der Waals surface area contributed by atoms with E-state index in [1.165, 1.54) is 0 Å². The summed E-state index contributed by atoms with van der Waals surface area (Å²) in [4.78, 5) is 6.87. The second-order valence-corrected chi connectivity index (χ2v) is 8.08. The number of hydrogen-bond donors (Lipinski definition) is 3. The Hall–Kier alpha value is -1.79. The molecule has 2 rings (SSSR count). The normalized spacial score (nSPS) is 17.6. The number of anilines is 1. The largest absolute Gasteiger partial charge is 0.380 e. The zero-order valence-corrected chi connectivity index (χ0v) is 17.6. The molecule has 0 spiro atoms. The minimum Gasteiger partial charge on any atom is -0.380 e. The molecule has 6 nitrogen and oxygen atoms in total. The molecule has 6 heteroatoms. The van der Waals surface area contributed by atoms with Crippen LogP contribution in [0.15, 0.2) is 35.3 Å². The number of ether oxygens (including phenoxy) is 1. The van der Waals surface area contributed by atoms with E-state index in [-0.39, 0.29) is 5.54 Å². The first-order chi connectivity index (χ1) is 12.9. The van der Waals surface area contributed by atoms with Gasteiger partial charge in [0.15, 0.2) is 5.96 Å². The molecule has 0 amide bonds. The molecule has 0 aliphatic carbocycles. The highest BCUT2D eigenvalue weighted by atomic mass is 16.5. The van der Waals surface area contributed by atoms with Crippen molar-refractivity contribution in [2.75, 3.05) is 51.8 Å². The van der Waals surface area contributed by atoms with Gasteiger partial charge >= 0.3 is 0 Å². The first kappa shape index (κ1) is 21.5. The number of rotatable bonds is 8. The molecule has 152 valence electrons. The van der Waals surface area contributed by atoms with Gasteiger partial charge in [0.05, 0.1) is 13.2 Å². The highest BCUT2D eigenvalue weighted by molar-refractivity contribution is 5.79. The van der Waals surface area contributed by atoms with Crippen LogP contribution in [0.3, 0.4) is 0 Å². The van der Waals surface area contributed by atoms with Crippen molar-refractivity contribution in [1.29, 1.82) is 0 Å². The van der Waals surface area contributed by atoms with E-state index < -0.39 is 0 Å². The van der Waals surface area contributed by atoms with Gasteiger partial charge in [-0.15, -0.1) is 0 Å². The van der Waals surface area contributed by atoms with Crippen LogP contribution < -0.4 is 16.0 Å². The highest BCUT2D eigenvalue weighted by Gasteiger charge is 2.28. The fourth-order valence-corrected chi connectivity index (χ4v) is 3.21. The molecular formula is C21H37N5O. The smallest absolute Gasteiger partial charge is 0.191 e. The summed E-state index contributed by atoms with van der Waals surface area (Å²) in [5.74, 6) is 1.34. The predicted octanol–water partition coefficient (Wildman–Crippen LogP) is 2.40. The summed E-state index contributed by atoms with van der Waals surface area (Å²) in [6, 6.07) is 10.7. The van der Waals surface area contributed by atoms with Crippen molar-refractivity contribution in [2.24, 2.45) is 10.9 Å². The van der Waals surface area contributed by atoms with Crippen molar-refractivity contribution < 1.29 is 4.74 Å². The van der Waals surface area contributed by atoms with Crippen molar-refractivity contribution in [3.63, 3.8) is 0 Å². The minimum absolute atomic E-state index is 0.0567. The SMILES string of the molecule is CN=C(NCC(Nc1ccccc1)C(C)C)NCC(C)(C)N1CCOCC1. The predicted molar refractivity (Wildman–Crippen MR) is 115 cm³/mol. The number of guanidine groups is 1. The zero-order chi connectivity index (χ0) is 19.7. The number of hydrogen-bond acceptors (Lipinski definition) is 4. The fraction of sp³-hybridized carbons (Fsp3) is 0.667. The average Bonchev–Trinajstić information content (AvgIpc) is 2.68. The number of nitrogens with one attached hydrogen (secondary N) is 3. The summed E-state index contributed by atoms with van der Waals surface area (Å²) < 4.78 is 5.47. The van der Waals surface area contributed by atoms with Crippen LogP contribution in [0.2, 0.25) is 0 Å². The van der Waals surface area contributed by atoms with Crippen LogP contribution >= 0.6 is 0 Å². The third-order valence-electron chi connectivity index (χ3n) is 5.20. The summed E-state index contributed by atoms with van der Waals surface area (Å²) in [7, 11) is 1.83. The van der Waals surface area contributed by atoms with Crippen LogP contribution in [0.25, 0.3) is 0 Å². The molecule has 0 aromatic heterocycles. The molecule has 1 fully saturated rings. The summed E-state index contributed by atoms with van der Waals surface area (Å²) in [6.45, 7) is 14.3. The van der Waals surface area contributed by atoms with Gasteiger partial charge in [-0.05, 0) is 31.9 Å². The van der Waals surface area contributed by atoms with Crippen LogP contribution in [0, 0.1) is 5.92 Å². The van der Waals surface area contributed by atoms with Crippen LogP contribution in [0.1, 0.15) is 27.7 Å². The Morgan fingerprint density at radius 3 is 2.41 bits per heavy atom. The minimum atomic E-state index is 0.0567. The quantitative estimate of drug-likeness (QED) is 0.481. The molecular weight excluding hydrogens is 338 g/mol. The van der Waals surface area contributed by atoms with Gasteiger partial charge in [-0.2, -0.15) is 0 Å². The summed E-state index contributed by atoms with van der Waals surface area (Å²) in [6.07, 6.45) is 0. The number of para-hydroxylation sites is 1. The Bertz CT molecular complexity index is 567. The molecule has 0 saturated carbocycles. The topological polar surface area (TPSA) is 60.9 Å². The van der Waals surface area contributed by atoms with E-state index in [9.17, 15) is 0 Å². The van der Waals surface area contributed by atoms with Crippen LogP contribution in [-0.4, -0.2) is 68.9 Å². The summed E-state index contributed by atoms with van der Waals surface area (Å²) in [5, 5.41) is 10.6. The second kappa shape index (κ2) is 10.5. The standard InChI is InChI=1S/C21H37N5O/c1-17(2)19(25-18-9-7-6-8-10-18)15-23-20(22-5)24-16-21(3,4)26-11-13-27-14-12-26/h6-10,17,19,25H,11-16H2,1-5H3,(H2,22,23,24). The van der Waals surface area contributed by atoms with Gasteiger partial charge in [0.2, 0.25) is 0 Å². The molecule has 0 radical (unpaired) electrons. The molecule has 1 aliphatic heterocycles. The molecule has 3 N–H and O–H groups in total. The number of morpholine rings is 1. The Morgan fingerprint density at radius 2 is 1.81 bits per heavy atom. The van der Waals surface area contributed by atoms with Crippen molar-refractivity contribution >= 4 is 11.6 Å². The molecule has 1 aliphatic rings. The lowest BCUT2D eigenvalue weighted by atomic mass is 10.0. The highest BCUT2D eigenvalue weighted by Crippen LogP contribution is 2.15. The maximum atomic E-state index is 5.47. The summed E-state index contributed by atoms with van der Waals surface area (Å²) in [5.41, 5.74) is 1.20. The number of benzene rings is 1. The van der Waals surface area contributed by atoms with Crippen molar-refractivity contribution in [3.05, 3.63) is 30.3 Å². The lowest BCUT2D eigenvalue weighted by Gasteiger charge is -2.41. The van der Waals surface area contributed by atoms with Gasteiger partial charge in [0.25, 0.3) is 0 Å². The number of nitrogens with zero attached hydrogens (tertiary/aromatic N) is 2. The molecule has 1 aromatic carbocycles. The Balaban J connectivity index is 1.84. The van der Waals surface area contributed by atoms with Crippen molar-refractivity contribution in [1.82, 2.24) is 15.5 Å². The van der Waals surface area contributed by atoms with Gasteiger partial charge in [-0.3, -0.25) is 9.89 Å².